The summed E-state index contributed by atoms with van der Waals surface area (Å²) < 4.78 is 1.07. The molecule has 0 aliphatic heterocycles. The van der Waals surface area contributed by atoms with E-state index in [-0.39, 0.29) is 5.56 Å². The SMILES string of the molecule is O=c1[nH]c(CCc2ccc(Br)cc2)nc2ccccc12. The van der Waals surface area contributed by atoms with Crippen LogP contribution in [-0.4, -0.2) is 9.97 Å². The van der Waals surface area contributed by atoms with Crippen LogP contribution >= 0.6 is 15.9 Å². The monoisotopic (exact) mass is 328 g/mol. The topological polar surface area (TPSA) is 45.8 Å². The molecule has 0 unspecified atom stereocenters. The number of nitrogens with one attached hydrogen (secondary N) is 1. The van der Waals surface area contributed by atoms with Gasteiger partial charge in [0.2, 0.25) is 0 Å². The van der Waals surface area contributed by atoms with Gasteiger partial charge in [0.1, 0.15) is 5.82 Å². The van der Waals surface area contributed by atoms with E-state index in [1.54, 1.807) is 6.07 Å². The van der Waals surface area contributed by atoms with Gasteiger partial charge in [-0.25, -0.2) is 4.98 Å². The molecule has 0 atom stereocenters. The lowest BCUT2D eigenvalue weighted by atomic mass is 10.1. The fourth-order valence-corrected chi connectivity index (χ4v) is 2.43. The summed E-state index contributed by atoms with van der Waals surface area (Å²) in [6.45, 7) is 0. The van der Waals surface area contributed by atoms with Gasteiger partial charge in [-0.3, -0.25) is 4.79 Å². The first-order chi connectivity index (χ1) is 9.72. The molecule has 0 saturated heterocycles. The second-order valence-electron chi connectivity index (χ2n) is 4.66. The molecule has 0 radical (unpaired) electrons. The van der Waals surface area contributed by atoms with Gasteiger partial charge in [-0.2, -0.15) is 0 Å². The standard InChI is InChI=1S/C16H13BrN2O/c17-12-8-5-11(6-9-12)7-10-15-18-14-4-2-1-3-13(14)16(20)19-15/h1-6,8-9H,7,10H2,(H,18,19,20). The van der Waals surface area contributed by atoms with Crippen molar-refractivity contribution in [2.45, 2.75) is 12.8 Å². The number of para-hydroxylation sites is 1. The smallest absolute Gasteiger partial charge is 0.258 e. The predicted octanol–water partition coefficient (Wildman–Crippen LogP) is 3.47. The molecule has 2 aromatic carbocycles. The molecule has 1 heterocycles. The van der Waals surface area contributed by atoms with Gasteiger partial charge >= 0.3 is 0 Å². The Bertz CT molecular complexity index is 793. The number of fused-ring (bicyclic) bond motifs is 1. The van der Waals surface area contributed by atoms with E-state index in [4.69, 9.17) is 0 Å². The molecule has 4 heteroatoms. The molecule has 0 bridgehead atoms. The summed E-state index contributed by atoms with van der Waals surface area (Å²) in [7, 11) is 0. The van der Waals surface area contributed by atoms with Crippen molar-refractivity contribution in [2.75, 3.05) is 0 Å². The number of H-pyrrole nitrogens is 1. The highest BCUT2D eigenvalue weighted by Gasteiger charge is 2.03. The Balaban J connectivity index is 1.84. The molecule has 20 heavy (non-hydrogen) atoms. The summed E-state index contributed by atoms with van der Waals surface area (Å²) in [6.07, 6.45) is 1.58. The number of nitrogens with zero attached hydrogens (tertiary/aromatic N) is 1. The number of aromatic amines is 1. The van der Waals surface area contributed by atoms with Crippen LogP contribution in [0, 0.1) is 0 Å². The molecule has 0 aliphatic carbocycles. The van der Waals surface area contributed by atoms with Gasteiger partial charge in [0, 0.05) is 10.9 Å². The molecular formula is C16H13BrN2O. The van der Waals surface area contributed by atoms with Crippen LogP contribution in [0.3, 0.4) is 0 Å². The van der Waals surface area contributed by atoms with Gasteiger partial charge in [-0.1, -0.05) is 40.2 Å². The van der Waals surface area contributed by atoms with E-state index in [0.717, 1.165) is 28.7 Å². The van der Waals surface area contributed by atoms with Crippen LogP contribution in [0.1, 0.15) is 11.4 Å². The second-order valence-corrected chi connectivity index (χ2v) is 5.57. The number of hydrogen-bond donors (Lipinski definition) is 1. The highest BCUT2D eigenvalue weighted by atomic mass is 79.9. The molecule has 1 aromatic heterocycles. The quantitative estimate of drug-likeness (QED) is 0.800. The maximum Gasteiger partial charge on any atom is 0.258 e. The zero-order valence-corrected chi connectivity index (χ0v) is 12.4. The maximum absolute atomic E-state index is 12.0. The van der Waals surface area contributed by atoms with E-state index in [0.29, 0.717) is 5.39 Å². The Kier molecular flexibility index (Phi) is 3.65. The minimum atomic E-state index is -0.0681. The highest BCUT2D eigenvalue weighted by molar-refractivity contribution is 9.10. The zero-order valence-electron chi connectivity index (χ0n) is 10.8. The number of aromatic nitrogens is 2. The average molecular weight is 329 g/mol. The molecular weight excluding hydrogens is 316 g/mol. The largest absolute Gasteiger partial charge is 0.310 e. The van der Waals surface area contributed by atoms with Crippen LogP contribution in [0.5, 0.6) is 0 Å². The third kappa shape index (κ3) is 2.80. The summed E-state index contributed by atoms with van der Waals surface area (Å²) in [6, 6.07) is 15.6. The summed E-state index contributed by atoms with van der Waals surface area (Å²) in [5.41, 5.74) is 1.91. The third-order valence-electron chi connectivity index (χ3n) is 3.23. The minimum absolute atomic E-state index is 0.0681. The molecule has 1 N–H and O–H groups in total. The Morgan fingerprint density at radius 2 is 1.75 bits per heavy atom. The van der Waals surface area contributed by atoms with Crippen molar-refractivity contribution in [2.24, 2.45) is 0 Å². The Hall–Kier alpha value is -1.94. The first-order valence-corrected chi connectivity index (χ1v) is 7.24. The van der Waals surface area contributed by atoms with Gasteiger partial charge < -0.3 is 4.98 Å². The summed E-state index contributed by atoms with van der Waals surface area (Å²) in [4.78, 5) is 19.3. The van der Waals surface area contributed by atoms with E-state index in [9.17, 15) is 4.79 Å². The molecule has 0 fully saturated rings. The van der Waals surface area contributed by atoms with Crippen LogP contribution in [0.2, 0.25) is 0 Å². The summed E-state index contributed by atoms with van der Waals surface area (Å²) >= 11 is 3.42. The van der Waals surface area contributed by atoms with Crippen LogP contribution in [0.25, 0.3) is 10.9 Å². The number of aryl methyl sites for hydroxylation is 2. The van der Waals surface area contributed by atoms with Crippen molar-refractivity contribution < 1.29 is 0 Å². The molecule has 3 rings (SSSR count). The van der Waals surface area contributed by atoms with Gasteiger partial charge in [-0.15, -0.1) is 0 Å². The van der Waals surface area contributed by atoms with Crippen molar-refractivity contribution in [1.29, 1.82) is 0 Å². The summed E-state index contributed by atoms with van der Waals surface area (Å²) in [5, 5.41) is 0.639. The fourth-order valence-electron chi connectivity index (χ4n) is 2.17. The van der Waals surface area contributed by atoms with Gasteiger partial charge in [0.05, 0.1) is 10.9 Å². The Labute approximate surface area is 124 Å². The normalized spacial score (nSPS) is 10.8. The van der Waals surface area contributed by atoms with Crippen molar-refractivity contribution in [3.8, 4) is 0 Å². The van der Waals surface area contributed by atoms with Crippen molar-refractivity contribution in [1.82, 2.24) is 9.97 Å². The lowest BCUT2D eigenvalue weighted by Gasteiger charge is -2.03. The molecule has 3 nitrogen and oxygen atoms in total. The van der Waals surface area contributed by atoms with E-state index in [2.05, 4.69) is 38.0 Å². The van der Waals surface area contributed by atoms with Crippen molar-refractivity contribution >= 4 is 26.8 Å². The van der Waals surface area contributed by atoms with Crippen molar-refractivity contribution in [3.05, 3.63) is 74.7 Å². The van der Waals surface area contributed by atoms with Gasteiger partial charge in [0.25, 0.3) is 5.56 Å². The van der Waals surface area contributed by atoms with Crippen LogP contribution in [0.4, 0.5) is 0 Å². The first kappa shape index (κ1) is 13.1. The van der Waals surface area contributed by atoms with Crippen LogP contribution in [-0.2, 0) is 12.8 Å². The molecule has 0 spiro atoms. The number of rotatable bonds is 3. The Morgan fingerprint density at radius 3 is 2.55 bits per heavy atom. The minimum Gasteiger partial charge on any atom is -0.310 e. The van der Waals surface area contributed by atoms with Crippen LogP contribution in [0.15, 0.2) is 57.8 Å². The molecule has 100 valence electrons. The lowest BCUT2D eigenvalue weighted by Crippen LogP contribution is -2.12. The number of hydrogen-bond acceptors (Lipinski definition) is 2. The molecule has 0 saturated carbocycles. The number of halogens is 1. The molecule has 3 aromatic rings. The lowest BCUT2D eigenvalue weighted by molar-refractivity contribution is 0.861. The molecule has 0 amide bonds. The average Bonchev–Trinajstić information content (AvgIpc) is 2.47. The maximum atomic E-state index is 12.0. The Morgan fingerprint density at radius 1 is 1.00 bits per heavy atom. The van der Waals surface area contributed by atoms with E-state index < -0.39 is 0 Å². The van der Waals surface area contributed by atoms with E-state index >= 15 is 0 Å². The first-order valence-electron chi connectivity index (χ1n) is 6.45. The third-order valence-corrected chi connectivity index (χ3v) is 3.75. The van der Waals surface area contributed by atoms with Gasteiger partial charge in [-0.05, 0) is 36.2 Å². The zero-order chi connectivity index (χ0) is 13.9. The highest BCUT2D eigenvalue weighted by Crippen LogP contribution is 2.12. The van der Waals surface area contributed by atoms with Gasteiger partial charge in [0.15, 0.2) is 0 Å². The van der Waals surface area contributed by atoms with E-state index in [1.807, 2.05) is 30.3 Å². The fraction of sp³-hybridized carbons (Fsp3) is 0.125. The molecule has 0 aliphatic rings. The summed E-state index contributed by atoms with van der Waals surface area (Å²) in [5.74, 6) is 0.733. The van der Waals surface area contributed by atoms with E-state index in [1.165, 1.54) is 5.56 Å². The predicted molar refractivity (Wildman–Crippen MR) is 83.9 cm³/mol. The number of benzene rings is 2. The second kappa shape index (κ2) is 5.59. The van der Waals surface area contributed by atoms with Crippen LogP contribution < -0.4 is 5.56 Å². The van der Waals surface area contributed by atoms with Crippen molar-refractivity contribution in [3.63, 3.8) is 0 Å².